The van der Waals surface area contributed by atoms with Crippen molar-refractivity contribution < 1.29 is 4.79 Å². The summed E-state index contributed by atoms with van der Waals surface area (Å²) in [6, 6.07) is 8.36. The third kappa shape index (κ3) is 2.59. The second kappa shape index (κ2) is 5.09. The Morgan fingerprint density at radius 3 is 3.00 bits per heavy atom. The van der Waals surface area contributed by atoms with Gasteiger partial charge in [-0.15, -0.1) is 11.3 Å². The molecule has 0 unspecified atom stereocenters. The molecular weight excluding hydrogens is 220 g/mol. The Labute approximate surface area is 98.3 Å². The van der Waals surface area contributed by atoms with Crippen molar-refractivity contribution in [2.24, 2.45) is 5.73 Å². The Kier molecular flexibility index (Phi) is 3.54. The van der Waals surface area contributed by atoms with Gasteiger partial charge in [0.05, 0.1) is 6.54 Å². The van der Waals surface area contributed by atoms with E-state index in [2.05, 4.69) is 28.9 Å². The highest BCUT2D eigenvalue weighted by Gasteiger charge is 2.02. The summed E-state index contributed by atoms with van der Waals surface area (Å²) in [6.07, 6.45) is 0.928. The number of hydrogen-bond donors (Lipinski definition) is 2. The normalized spacial score (nSPS) is 10.8. The predicted octanol–water partition coefficient (Wildman–Crippen LogP) is 1.52. The molecule has 3 N–H and O–H groups in total. The Bertz CT molecular complexity index is 492. The summed E-state index contributed by atoms with van der Waals surface area (Å²) in [7, 11) is 0. The van der Waals surface area contributed by atoms with Gasteiger partial charge in [-0.2, -0.15) is 0 Å². The van der Waals surface area contributed by atoms with E-state index in [1.165, 1.54) is 15.6 Å². The molecule has 0 radical (unpaired) electrons. The molecule has 0 atom stereocenters. The van der Waals surface area contributed by atoms with Crippen molar-refractivity contribution in [3.8, 4) is 0 Å². The van der Waals surface area contributed by atoms with Gasteiger partial charge in [0, 0.05) is 4.70 Å². The quantitative estimate of drug-likeness (QED) is 0.771. The van der Waals surface area contributed by atoms with Gasteiger partial charge in [-0.25, -0.2) is 0 Å². The SMILES string of the molecule is NC(=O)CNCCc1csc2ccccc12. The Morgan fingerprint density at radius 1 is 1.38 bits per heavy atom. The van der Waals surface area contributed by atoms with Crippen molar-refractivity contribution in [3.63, 3.8) is 0 Å². The van der Waals surface area contributed by atoms with E-state index in [4.69, 9.17) is 5.73 Å². The van der Waals surface area contributed by atoms with Crippen LogP contribution >= 0.6 is 11.3 Å². The van der Waals surface area contributed by atoms with E-state index < -0.39 is 0 Å². The van der Waals surface area contributed by atoms with Crippen molar-refractivity contribution >= 4 is 27.3 Å². The summed E-state index contributed by atoms with van der Waals surface area (Å²) in [5, 5.41) is 6.51. The van der Waals surface area contributed by atoms with E-state index in [-0.39, 0.29) is 12.5 Å². The van der Waals surface area contributed by atoms with Crippen LogP contribution in [0.5, 0.6) is 0 Å². The lowest BCUT2D eigenvalue weighted by Crippen LogP contribution is -2.29. The molecule has 2 rings (SSSR count). The topological polar surface area (TPSA) is 55.1 Å². The summed E-state index contributed by atoms with van der Waals surface area (Å²) in [4.78, 5) is 10.5. The third-order valence-electron chi connectivity index (χ3n) is 2.43. The van der Waals surface area contributed by atoms with Crippen molar-refractivity contribution in [2.75, 3.05) is 13.1 Å². The van der Waals surface area contributed by atoms with E-state index in [0.717, 1.165) is 13.0 Å². The molecule has 4 heteroatoms. The first-order chi connectivity index (χ1) is 7.77. The fourth-order valence-corrected chi connectivity index (χ4v) is 2.66. The van der Waals surface area contributed by atoms with Crippen LogP contribution in [0.15, 0.2) is 29.6 Å². The van der Waals surface area contributed by atoms with Gasteiger partial charge in [0.2, 0.25) is 5.91 Å². The summed E-state index contributed by atoms with van der Waals surface area (Å²) in [6.45, 7) is 1.03. The zero-order chi connectivity index (χ0) is 11.4. The number of hydrogen-bond acceptors (Lipinski definition) is 3. The maximum atomic E-state index is 10.5. The molecule has 0 bridgehead atoms. The molecule has 1 aromatic heterocycles. The average molecular weight is 234 g/mol. The second-order valence-corrected chi connectivity index (χ2v) is 4.56. The monoisotopic (exact) mass is 234 g/mol. The third-order valence-corrected chi connectivity index (χ3v) is 3.44. The smallest absolute Gasteiger partial charge is 0.231 e. The van der Waals surface area contributed by atoms with E-state index in [1.807, 2.05) is 6.07 Å². The molecule has 0 aliphatic rings. The first-order valence-corrected chi connectivity index (χ1v) is 6.09. The maximum Gasteiger partial charge on any atom is 0.231 e. The molecule has 2 aromatic rings. The van der Waals surface area contributed by atoms with Crippen LogP contribution in [0.2, 0.25) is 0 Å². The van der Waals surface area contributed by atoms with Gasteiger partial charge in [0.25, 0.3) is 0 Å². The van der Waals surface area contributed by atoms with E-state index in [0.29, 0.717) is 0 Å². The lowest BCUT2D eigenvalue weighted by atomic mass is 10.1. The maximum absolute atomic E-state index is 10.5. The molecule has 0 fully saturated rings. The number of nitrogens with one attached hydrogen (secondary N) is 1. The number of amides is 1. The zero-order valence-corrected chi connectivity index (χ0v) is 9.72. The highest BCUT2D eigenvalue weighted by molar-refractivity contribution is 7.17. The summed E-state index contributed by atoms with van der Waals surface area (Å²) >= 11 is 1.76. The molecule has 0 aliphatic carbocycles. The molecule has 0 saturated carbocycles. The van der Waals surface area contributed by atoms with Crippen LogP contribution in [0.3, 0.4) is 0 Å². The zero-order valence-electron chi connectivity index (χ0n) is 8.90. The van der Waals surface area contributed by atoms with Gasteiger partial charge in [0.1, 0.15) is 0 Å². The van der Waals surface area contributed by atoms with Crippen LogP contribution in [0.4, 0.5) is 0 Å². The summed E-state index contributed by atoms with van der Waals surface area (Å²) in [5.41, 5.74) is 6.37. The number of primary amides is 1. The minimum absolute atomic E-state index is 0.252. The number of thiophene rings is 1. The Balaban J connectivity index is 1.97. The lowest BCUT2D eigenvalue weighted by Gasteiger charge is -2.01. The minimum atomic E-state index is -0.310. The molecule has 0 spiro atoms. The average Bonchev–Trinajstić information content (AvgIpc) is 2.68. The first-order valence-electron chi connectivity index (χ1n) is 5.21. The Hall–Kier alpha value is -1.39. The van der Waals surface area contributed by atoms with Gasteiger partial charge in [0.15, 0.2) is 0 Å². The van der Waals surface area contributed by atoms with E-state index >= 15 is 0 Å². The number of carbonyl (C=O) groups is 1. The van der Waals surface area contributed by atoms with E-state index in [1.54, 1.807) is 11.3 Å². The highest BCUT2D eigenvalue weighted by atomic mass is 32.1. The molecular formula is C12H14N2OS. The van der Waals surface area contributed by atoms with Gasteiger partial charge in [-0.1, -0.05) is 18.2 Å². The highest BCUT2D eigenvalue weighted by Crippen LogP contribution is 2.25. The largest absolute Gasteiger partial charge is 0.369 e. The predicted molar refractivity (Wildman–Crippen MR) is 67.6 cm³/mol. The summed E-state index contributed by atoms with van der Waals surface area (Å²) < 4.78 is 1.31. The van der Waals surface area contributed by atoms with Crippen molar-refractivity contribution in [1.29, 1.82) is 0 Å². The van der Waals surface area contributed by atoms with Crippen LogP contribution in [0.25, 0.3) is 10.1 Å². The molecule has 1 amide bonds. The van der Waals surface area contributed by atoms with Gasteiger partial charge < -0.3 is 11.1 Å². The van der Waals surface area contributed by atoms with Gasteiger partial charge >= 0.3 is 0 Å². The molecule has 84 valence electrons. The number of rotatable bonds is 5. The van der Waals surface area contributed by atoms with Crippen LogP contribution in [-0.2, 0) is 11.2 Å². The van der Waals surface area contributed by atoms with Crippen LogP contribution in [0.1, 0.15) is 5.56 Å². The number of carbonyl (C=O) groups excluding carboxylic acids is 1. The number of fused-ring (bicyclic) bond motifs is 1. The van der Waals surface area contributed by atoms with Gasteiger partial charge in [-0.3, -0.25) is 4.79 Å². The second-order valence-electron chi connectivity index (χ2n) is 3.65. The fraction of sp³-hybridized carbons (Fsp3) is 0.250. The molecule has 1 aromatic carbocycles. The summed E-state index contributed by atoms with van der Waals surface area (Å²) in [5.74, 6) is -0.310. The van der Waals surface area contributed by atoms with Crippen molar-refractivity contribution in [3.05, 3.63) is 35.2 Å². The number of benzene rings is 1. The Morgan fingerprint density at radius 2 is 2.19 bits per heavy atom. The fourth-order valence-electron chi connectivity index (χ4n) is 1.66. The number of nitrogens with two attached hydrogens (primary N) is 1. The molecule has 0 saturated heterocycles. The van der Waals surface area contributed by atoms with E-state index in [9.17, 15) is 4.79 Å². The molecule has 16 heavy (non-hydrogen) atoms. The molecule has 3 nitrogen and oxygen atoms in total. The van der Waals surface area contributed by atoms with Crippen LogP contribution in [0, 0.1) is 0 Å². The standard InChI is InChI=1S/C12H14N2OS/c13-12(15)7-14-6-5-9-8-16-11-4-2-1-3-10(9)11/h1-4,8,14H,5-7H2,(H2,13,15). The van der Waals surface area contributed by atoms with Gasteiger partial charge in [-0.05, 0) is 35.4 Å². The minimum Gasteiger partial charge on any atom is -0.369 e. The molecule has 1 heterocycles. The molecule has 0 aliphatic heterocycles. The first kappa shape index (κ1) is 11.1. The lowest BCUT2D eigenvalue weighted by molar-refractivity contribution is -0.117. The van der Waals surface area contributed by atoms with Crippen molar-refractivity contribution in [2.45, 2.75) is 6.42 Å². The van der Waals surface area contributed by atoms with Crippen molar-refractivity contribution in [1.82, 2.24) is 5.32 Å². The van der Waals surface area contributed by atoms with Crippen LogP contribution < -0.4 is 11.1 Å². The van der Waals surface area contributed by atoms with Crippen LogP contribution in [-0.4, -0.2) is 19.0 Å².